The molecular weight excluding hydrogens is 392 g/mol. The Kier molecular flexibility index (Phi) is 5.58. The minimum Gasteiger partial charge on any atom is -0.335 e. The Morgan fingerprint density at radius 2 is 1.96 bits per heavy atom. The first-order valence-electron chi connectivity index (χ1n) is 8.06. The van der Waals surface area contributed by atoms with Gasteiger partial charge in [0, 0.05) is 43.7 Å². The predicted molar refractivity (Wildman–Crippen MR) is 98.2 cm³/mol. The summed E-state index contributed by atoms with van der Waals surface area (Å²) in [5.74, 6) is -0.0279. The van der Waals surface area contributed by atoms with Gasteiger partial charge in [0.2, 0.25) is 0 Å². The van der Waals surface area contributed by atoms with Crippen LogP contribution in [-0.4, -0.2) is 51.7 Å². The van der Waals surface area contributed by atoms with Crippen LogP contribution in [-0.2, 0) is 13.1 Å². The van der Waals surface area contributed by atoms with Crippen molar-refractivity contribution in [2.45, 2.75) is 20.0 Å². The molecule has 1 saturated heterocycles. The van der Waals surface area contributed by atoms with Gasteiger partial charge in [-0.1, -0.05) is 45.7 Å². The van der Waals surface area contributed by atoms with Crippen LogP contribution >= 0.6 is 27.5 Å². The van der Waals surface area contributed by atoms with E-state index >= 15 is 0 Å². The number of rotatable bonds is 4. The third-order valence-corrected chi connectivity index (χ3v) is 5.36. The van der Waals surface area contributed by atoms with E-state index in [-0.39, 0.29) is 5.91 Å². The molecule has 0 bridgehead atoms. The Labute approximate surface area is 155 Å². The summed E-state index contributed by atoms with van der Waals surface area (Å²) < 4.78 is 2.79. The topological polar surface area (TPSA) is 41.4 Å². The summed E-state index contributed by atoms with van der Waals surface area (Å²) in [6, 6.07) is 8.25. The normalized spacial score (nSPS) is 15.7. The quantitative estimate of drug-likeness (QED) is 0.775. The molecule has 1 aliphatic rings. The largest absolute Gasteiger partial charge is 0.335 e. The highest BCUT2D eigenvalue weighted by atomic mass is 79.9. The fourth-order valence-electron chi connectivity index (χ4n) is 2.94. The minimum absolute atomic E-state index is 0.0279. The molecule has 0 unspecified atom stereocenters. The number of hydrogen-bond acceptors (Lipinski definition) is 3. The van der Waals surface area contributed by atoms with Gasteiger partial charge in [-0.25, -0.2) is 0 Å². The molecule has 128 valence electrons. The van der Waals surface area contributed by atoms with Crippen LogP contribution in [0.3, 0.4) is 0 Å². The second-order valence-corrected chi connectivity index (χ2v) is 7.08. The third-order valence-electron chi connectivity index (χ3n) is 4.31. The van der Waals surface area contributed by atoms with Crippen LogP contribution in [0.2, 0.25) is 5.02 Å². The number of benzene rings is 1. The molecule has 0 aliphatic carbocycles. The van der Waals surface area contributed by atoms with Gasteiger partial charge in [-0.3, -0.25) is 14.4 Å². The molecule has 1 fully saturated rings. The zero-order chi connectivity index (χ0) is 17.1. The van der Waals surface area contributed by atoms with Crippen molar-refractivity contribution in [2.24, 2.45) is 0 Å². The maximum atomic E-state index is 12.7. The molecule has 24 heavy (non-hydrogen) atoms. The zero-order valence-electron chi connectivity index (χ0n) is 13.6. The van der Waals surface area contributed by atoms with E-state index in [1.54, 1.807) is 10.9 Å². The van der Waals surface area contributed by atoms with E-state index in [2.05, 4.69) is 38.1 Å². The Balaban J connectivity index is 1.62. The highest BCUT2D eigenvalue weighted by Gasteiger charge is 2.26. The van der Waals surface area contributed by atoms with Crippen molar-refractivity contribution >= 4 is 33.4 Å². The summed E-state index contributed by atoms with van der Waals surface area (Å²) in [4.78, 5) is 17.0. The Morgan fingerprint density at radius 1 is 1.25 bits per heavy atom. The Bertz CT molecular complexity index is 725. The number of nitrogens with zero attached hydrogens (tertiary/aromatic N) is 4. The van der Waals surface area contributed by atoms with Crippen LogP contribution in [0, 0.1) is 0 Å². The molecule has 2 aromatic rings. The lowest BCUT2D eigenvalue weighted by Crippen LogP contribution is -2.48. The zero-order valence-corrected chi connectivity index (χ0v) is 15.9. The maximum absolute atomic E-state index is 12.7. The number of halogens is 2. The standard InChI is InChI=1S/C17H20BrClN4O/c1-2-23-16(15(19)11-20-23)17(24)22-9-7-21(8-10-22)12-13-5-3-4-6-14(13)18/h3-6,11H,2,7-10,12H2,1H3. The van der Waals surface area contributed by atoms with E-state index in [1.165, 1.54) is 5.56 Å². The average Bonchev–Trinajstić information content (AvgIpc) is 2.98. The summed E-state index contributed by atoms with van der Waals surface area (Å²) in [5.41, 5.74) is 1.77. The summed E-state index contributed by atoms with van der Waals surface area (Å²) in [6.07, 6.45) is 1.54. The van der Waals surface area contributed by atoms with Gasteiger partial charge >= 0.3 is 0 Å². The van der Waals surface area contributed by atoms with E-state index in [1.807, 2.05) is 24.0 Å². The van der Waals surface area contributed by atoms with Gasteiger partial charge in [0.25, 0.3) is 5.91 Å². The van der Waals surface area contributed by atoms with E-state index in [4.69, 9.17) is 11.6 Å². The molecule has 5 nitrogen and oxygen atoms in total. The predicted octanol–water partition coefficient (Wildman–Crippen LogP) is 3.28. The molecular formula is C17H20BrClN4O. The molecule has 0 atom stereocenters. The van der Waals surface area contributed by atoms with Gasteiger partial charge in [0.15, 0.2) is 0 Å². The minimum atomic E-state index is -0.0279. The van der Waals surface area contributed by atoms with Gasteiger partial charge in [-0.05, 0) is 18.6 Å². The van der Waals surface area contributed by atoms with Crippen molar-refractivity contribution in [3.63, 3.8) is 0 Å². The highest BCUT2D eigenvalue weighted by Crippen LogP contribution is 2.21. The summed E-state index contributed by atoms with van der Waals surface area (Å²) in [7, 11) is 0. The number of aryl methyl sites for hydroxylation is 1. The van der Waals surface area contributed by atoms with Gasteiger partial charge in [-0.2, -0.15) is 5.10 Å². The first-order valence-corrected chi connectivity index (χ1v) is 9.23. The van der Waals surface area contributed by atoms with Crippen molar-refractivity contribution in [1.82, 2.24) is 19.6 Å². The van der Waals surface area contributed by atoms with E-state index in [0.29, 0.717) is 30.4 Å². The van der Waals surface area contributed by atoms with Crippen LogP contribution in [0.1, 0.15) is 23.0 Å². The third kappa shape index (κ3) is 3.66. The Hall–Kier alpha value is -1.37. The Morgan fingerprint density at radius 3 is 2.62 bits per heavy atom. The summed E-state index contributed by atoms with van der Waals surface area (Å²) in [5, 5.41) is 4.58. The first-order chi connectivity index (χ1) is 11.6. The number of aromatic nitrogens is 2. The number of hydrogen-bond donors (Lipinski definition) is 0. The molecule has 1 aliphatic heterocycles. The summed E-state index contributed by atoms with van der Waals surface area (Å²) >= 11 is 9.74. The van der Waals surface area contributed by atoms with Crippen LogP contribution in [0.25, 0.3) is 0 Å². The van der Waals surface area contributed by atoms with E-state index in [0.717, 1.165) is 24.1 Å². The molecule has 2 heterocycles. The molecule has 0 N–H and O–H groups in total. The monoisotopic (exact) mass is 410 g/mol. The maximum Gasteiger partial charge on any atom is 0.273 e. The molecule has 1 aromatic heterocycles. The van der Waals surface area contributed by atoms with Crippen molar-refractivity contribution in [3.05, 3.63) is 51.2 Å². The van der Waals surface area contributed by atoms with Gasteiger partial charge in [-0.15, -0.1) is 0 Å². The van der Waals surface area contributed by atoms with Crippen molar-refractivity contribution < 1.29 is 4.79 Å². The van der Waals surface area contributed by atoms with E-state index < -0.39 is 0 Å². The fraction of sp³-hybridized carbons (Fsp3) is 0.412. The van der Waals surface area contributed by atoms with Gasteiger partial charge in [0.05, 0.1) is 11.2 Å². The first kappa shape index (κ1) is 17.5. The van der Waals surface area contributed by atoms with Crippen LogP contribution < -0.4 is 0 Å². The molecule has 7 heteroatoms. The lowest BCUT2D eigenvalue weighted by Gasteiger charge is -2.35. The second kappa shape index (κ2) is 7.68. The highest BCUT2D eigenvalue weighted by molar-refractivity contribution is 9.10. The van der Waals surface area contributed by atoms with Gasteiger partial charge < -0.3 is 4.90 Å². The SMILES string of the molecule is CCn1ncc(Cl)c1C(=O)N1CCN(Cc2ccccc2Br)CC1. The molecule has 0 spiro atoms. The summed E-state index contributed by atoms with van der Waals surface area (Å²) in [6.45, 7) is 6.58. The van der Waals surface area contributed by atoms with Crippen molar-refractivity contribution in [3.8, 4) is 0 Å². The van der Waals surface area contributed by atoms with E-state index in [9.17, 15) is 4.79 Å². The molecule has 1 amide bonds. The van der Waals surface area contributed by atoms with Crippen molar-refractivity contribution in [1.29, 1.82) is 0 Å². The lowest BCUT2D eigenvalue weighted by atomic mass is 10.2. The second-order valence-electron chi connectivity index (χ2n) is 5.82. The van der Waals surface area contributed by atoms with Crippen LogP contribution in [0.15, 0.2) is 34.9 Å². The number of carbonyl (C=O) groups is 1. The fourth-order valence-corrected chi connectivity index (χ4v) is 3.57. The lowest BCUT2D eigenvalue weighted by molar-refractivity contribution is 0.0616. The molecule has 3 rings (SSSR count). The number of carbonyl (C=O) groups excluding carboxylic acids is 1. The van der Waals surface area contributed by atoms with Crippen LogP contribution in [0.5, 0.6) is 0 Å². The average molecular weight is 412 g/mol. The van der Waals surface area contributed by atoms with Crippen molar-refractivity contribution in [2.75, 3.05) is 26.2 Å². The van der Waals surface area contributed by atoms with Crippen LogP contribution in [0.4, 0.5) is 0 Å². The molecule has 0 radical (unpaired) electrons. The van der Waals surface area contributed by atoms with Gasteiger partial charge in [0.1, 0.15) is 5.69 Å². The number of piperazine rings is 1. The molecule has 1 aromatic carbocycles. The number of amides is 1. The molecule has 0 saturated carbocycles. The smallest absolute Gasteiger partial charge is 0.273 e.